The van der Waals surface area contributed by atoms with E-state index in [1.807, 2.05) is 13.1 Å². The first kappa shape index (κ1) is 15.9. The van der Waals surface area contributed by atoms with Gasteiger partial charge < -0.3 is 14.8 Å². The normalized spacial score (nSPS) is 24.4. The fourth-order valence-corrected chi connectivity index (χ4v) is 5.24. The molecule has 1 aliphatic heterocycles. The van der Waals surface area contributed by atoms with Crippen LogP contribution in [0.5, 0.6) is 0 Å². The van der Waals surface area contributed by atoms with Crippen LogP contribution in [0.15, 0.2) is 16.3 Å². The van der Waals surface area contributed by atoms with Crippen molar-refractivity contribution in [2.75, 3.05) is 34.4 Å². The minimum Gasteiger partial charge on any atom is -0.377 e. The minimum absolute atomic E-state index is 0.216. The van der Waals surface area contributed by atoms with Crippen LogP contribution in [0, 0.1) is 0 Å². The molecule has 1 aromatic heterocycles. The Bertz CT molecular complexity index is 531. The quantitative estimate of drug-likeness (QED) is 0.827. The van der Waals surface area contributed by atoms with Crippen LogP contribution in [0.3, 0.4) is 0 Å². The van der Waals surface area contributed by atoms with Crippen LogP contribution in [-0.4, -0.2) is 59.3 Å². The summed E-state index contributed by atoms with van der Waals surface area (Å²) in [5.41, 5.74) is 0. The maximum absolute atomic E-state index is 12.6. The van der Waals surface area contributed by atoms with Crippen LogP contribution in [-0.2, 0) is 26.0 Å². The Balaban J connectivity index is 2.18. The van der Waals surface area contributed by atoms with E-state index in [-0.39, 0.29) is 12.2 Å². The van der Waals surface area contributed by atoms with Gasteiger partial charge in [0.1, 0.15) is 4.21 Å². The lowest BCUT2D eigenvalue weighted by molar-refractivity contribution is -0.00461. The second-order valence-corrected chi connectivity index (χ2v) is 7.95. The summed E-state index contributed by atoms with van der Waals surface area (Å²) in [7, 11) is 1.52. The maximum Gasteiger partial charge on any atom is 0.252 e. The van der Waals surface area contributed by atoms with E-state index < -0.39 is 10.0 Å². The molecule has 1 saturated heterocycles. The molecule has 114 valence electrons. The van der Waals surface area contributed by atoms with Crippen LogP contribution < -0.4 is 5.32 Å². The standard InChI is InChI=1S/C12H20N2O4S2/c1-13-6-9-4-5-12(19-9)20(15,16)14-7-10(17-2)11(8-14)18-3/h4-5,10-11,13H,6-8H2,1-3H3. The lowest BCUT2D eigenvalue weighted by Gasteiger charge is -2.14. The molecule has 0 bridgehead atoms. The number of nitrogens with zero attached hydrogens (tertiary/aromatic N) is 1. The second-order valence-electron chi connectivity index (χ2n) is 4.62. The van der Waals surface area contributed by atoms with Crippen molar-refractivity contribution in [3.63, 3.8) is 0 Å². The van der Waals surface area contributed by atoms with E-state index in [0.29, 0.717) is 23.8 Å². The zero-order valence-electron chi connectivity index (χ0n) is 11.8. The summed E-state index contributed by atoms with van der Waals surface area (Å²) in [4.78, 5) is 0.997. The smallest absolute Gasteiger partial charge is 0.252 e. The summed E-state index contributed by atoms with van der Waals surface area (Å²) in [6, 6.07) is 3.50. The topological polar surface area (TPSA) is 67.9 Å². The monoisotopic (exact) mass is 320 g/mol. The summed E-state index contributed by atoms with van der Waals surface area (Å²) >= 11 is 1.30. The van der Waals surface area contributed by atoms with Gasteiger partial charge in [-0.15, -0.1) is 11.3 Å². The molecule has 8 heteroatoms. The van der Waals surface area contributed by atoms with Crippen LogP contribution in [0.25, 0.3) is 0 Å². The zero-order valence-corrected chi connectivity index (χ0v) is 13.5. The van der Waals surface area contributed by atoms with E-state index in [2.05, 4.69) is 5.32 Å². The molecule has 0 spiro atoms. The highest BCUT2D eigenvalue weighted by Gasteiger charge is 2.40. The molecular weight excluding hydrogens is 300 g/mol. The first-order chi connectivity index (χ1) is 9.52. The third-order valence-corrected chi connectivity index (χ3v) is 6.75. The summed E-state index contributed by atoms with van der Waals surface area (Å²) in [6.07, 6.45) is -0.432. The van der Waals surface area contributed by atoms with Gasteiger partial charge in [0.05, 0.1) is 12.2 Å². The van der Waals surface area contributed by atoms with Crippen molar-refractivity contribution in [2.45, 2.75) is 23.0 Å². The predicted molar refractivity (Wildman–Crippen MR) is 77.4 cm³/mol. The van der Waals surface area contributed by atoms with Crippen molar-refractivity contribution in [1.29, 1.82) is 0 Å². The number of hydrogen-bond donors (Lipinski definition) is 1. The van der Waals surface area contributed by atoms with E-state index >= 15 is 0 Å². The van der Waals surface area contributed by atoms with Crippen LogP contribution >= 0.6 is 11.3 Å². The highest BCUT2D eigenvalue weighted by atomic mass is 32.2. The molecule has 0 aliphatic carbocycles. The molecule has 1 fully saturated rings. The van der Waals surface area contributed by atoms with Crippen molar-refractivity contribution >= 4 is 21.4 Å². The van der Waals surface area contributed by atoms with Gasteiger partial charge in [-0.3, -0.25) is 0 Å². The Morgan fingerprint density at radius 3 is 2.40 bits per heavy atom. The number of hydrogen-bond acceptors (Lipinski definition) is 6. The van der Waals surface area contributed by atoms with Crippen LogP contribution in [0.2, 0.25) is 0 Å². The van der Waals surface area contributed by atoms with Gasteiger partial charge >= 0.3 is 0 Å². The van der Waals surface area contributed by atoms with Crippen molar-refractivity contribution in [3.8, 4) is 0 Å². The summed E-state index contributed by atoms with van der Waals surface area (Å²) in [6.45, 7) is 1.33. The lowest BCUT2D eigenvalue weighted by Crippen LogP contribution is -2.29. The molecule has 2 atom stereocenters. The molecule has 0 aromatic carbocycles. The van der Waals surface area contributed by atoms with Crippen LogP contribution in [0.4, 0.5) is 0 Å². The highest BCUT2D eigenvalue weighted by Crippen LogP contribution is 2.28. The third-order valence-electron chi connectivity index (χ3n) is 3.37. The molecule has 2 unspecified atom stereocenters. The average Bonchev–Trinajstić information content (AvgIpc) is 3.05. The molecule has 2 heterocycles. The van der Waals surface area contributed by atoms with Gasteiger partial charge in [-0.2, -0.15) is 4.31 Å². The average molecular weight is 320 g/mol. The molecule has 20 heavy (non-hydrogen) atoms. The first-order valence-electron chi connectivity index (χ1n) is 6.32. The number of nitrogens with one attached hydrogen (secondary N) is 1. The Kier molecular flexibility index (Phi) is 5.16. The summed E-state index contributed by atoms with van der Waals surface area (Å²) in [5.74, 6) is 0. The number of ether oxygens (including phenoxy) is 2. The number of sulfonamides is 1. The van der Waals surface area contributed by atoms with Gasteiger partial charge in [-0.1, -0.05) is 0 Å². The lowest BCUT2D eigenvalue weighted by atomic mass is 10.3. The van der Waals surface area contributed by atoms with Gasteiger partial charge in [0.2, 0.25) is 0 Å². The predicted octanol–water partition coefficient (Wildman–Crippen LogP) is 0.502. The van der Waals surface area contributed by atoms with Gasteiger partial charge in [-0.25, -0.2) is 8.42 Å². The first-order valence-corrected chi connectivity index (χ1v) is 8.57. The molecule has 0 saturated carbocycles. The van der Waals surface area contributed by atoms with Gasteiger partial charge in [0, 0.05) is 38.7 Å². The van der Waals surface area contributed by atoms with E-state index in [4.69, 9.17) is 9.47 Å². The van der Waals surface area contributed by atoms with E-state index in [9.17, 15) is 8.42 Å². The third kappa shape index (κ3) is 3.05. The number of thiophene rings is 1. The van der Waals surface area contributed by atoms with E-state index in [1.165, 1.54) is 15.6 Å². The fraction of sp³-hybridized carbons (Fsp3) is 0.667. The number of rotatable bonds is 6. The largest absolute Gasteiger partial charge is 0.377 e. The molecule has 2 rings (SSSR count). The zero-order chi connectivity index (χ0) is 14.8. The molecular formula is C12H20N2O4S2. The molecule has 1 aromatic rings. The molecule has 1 aliphatic rings. The maximum atomic E-state index is 12.6. The Morgan fingerprint density at radius 1 is 1.30 bits per heavy atom. The fourth-order valence-electron chi connectivity index (χ4n) is 2.25. The minimum atomic E-state index is -3.46. The van der Waals surface area contributed by atoms with Gasteiger partial charge in [0.15, 0.2) is 0 Å². The van der Waals surface area contributed by atoms with E-state index in [1.54, 1.807) is 20.3 Å². The summed E-state index contributed by atoms with van der Waals surface area (Å²) in [5, 5.41) is 3.01. The van der Waals surface area contributed by atoms with Crippen molar-refractivity contribution in [3.05, 3.63) is 17.0 Å². The Hall–Kier alpha value is -0.510. The van der Waals surface area contributed by atoms with Crippen molar-refractivity contribution in [2.24, 2.45) is 0 Å². The van der Waals surface area contributed by atoms with Crippen LogP contribution in [0.1, 0.15) is 4.88 Å². The summed E-state index contributed by atoms with van der Waals surface area (Å²) < 4.78 is 37.5. The highest BCUT2D eigenvalue weighted by molar-refractivity contribution is 7.91. The van der Waals surface area contributed by atoms with Crippen molar-refractivity contribution < 1.29 is 17.9 Å². The molecule has 0 radical (unpaired) electrons. The second kappa shape index (κ2) is 6.50. The van der Waals surface area contributed by atoms with Gasteiger partial charge in [-0.05, 0) is 19.2 Å². The molecule has 6 nitrogen and oxygen atoms in total. The van der Waals surface area contributed by atoms with E-state index in [0.717, 1.165) is 4.88 Å². The Labute approximate surface area is 123 Å². The molecule has 0 amide bonds. The van der Waals surface area contributed by atoms with Crippen molar-refractivity contribution in [1.82, 2.24) is 9.62 Å². The molecule has 1 N–H and O–H groups in total. The SMILES string of the molecule is CNCc1ccc(S(=O)(=O)N2CC(OC)C(OC)C2)s1. The number of methoxy groups -OCH3 is 2. The Morgan fingerprint density at radius 2 is 1.90 bits per heavy atom. The van der Waals surface area contributed by atoms with Gasteiger partial charge in [0.25, 0.3) is 10.0 Å².